The Morgan fingerprint density at radius 2 is 1.96 bits per heavy atom. The van der Waals surface area contributed by atoms with E-state index in [0.717, 1.165) is 23.3 Å². The largest absolute Gasteiger partial charge is 0.338 e. The van der Waals surface area contributed by atoms with E-state index in [0.29, 0.717) is 6.54 Å². The van der Waals surface area contributed by atoms with Gasteiger partial charge in [0.25, 0.3) is 0 Å². The molecule has 0 aliphatic rings. The summed E-state index contributed by atoms with van der Waals surface area (Å²) in [6.07, 6.45) is 1.83. The van der Waals surface area contributed by atoms with E-state index in [4.69, 9.17) is 0 Å². The van der Waals surface area contributed by atoms with Crippen molar-refractivity contribution < 1.29 is 14.0 Å². The van der Waals surface area contributed by atoms with Crippen molar-refractivity contribution >= 4 is 23.3 Å². The summed E-state index contributed by atoms with van der Waals surface area (Å²) < 4.78 is 13.2. The number of imide groups is 1. The first-order chi connectivity index (χ1) is 12.1. The van der Waals surface area contributed by atoms with E-state index >= 15 is 0 Å². The Balaban J connectivity index is 1.93. The highest BCUT2D eigenvalue weighted by molar-refractivity contribution is 7.10. The average Bonchev–Trinajstić information content (AvgIpc) is 3.11. The van der Waals surface area contributed by atoms with Gasteiger partial charge in [-0.25, -0.2) is 9.18 Å². The van der Waals surface area contributed by atoms with Crippen LogP contribution in [0.1, 0.15) is 36.2 Å². The molecule has 0 saturated carbocycles. The zero-order chi connectivity index (χ0) is 18.1. The number of carbonyl (C=O) groups is 2. The van der Waals surface area contributed by atoms with E-state index in [1.165, 1.54) is 12.1 Å². The highest BCUT2D eigenvalue weighted by Crippen LogP contribution is 2.26. The number of rotatable bonds is 8. The van der Waals surface area contributed by atoms with E-state index in [2.05, 4.69) is 16.0 Å². The minimum absolute atomic E-state index is 0.0266. The molecule has 1 unspecified atom stereocenters. The smallest absolute Gasteiger partial charge is 0.321 e. The van der Waals surface area contributed by atoms with Gasteiger partial charge in [-0.05, 0) is 35.6 Å². The zero-order valence-corrected chi connectivity index (χ0v) is 14.9. The van der Waals surface area contributed by atoms with E-state index in [9.17, 15) is 14.0 Å². The number of thiophene rings is 1. The number of nitrogens with one attached hydrogen (secondary N) is 3. The summed E-state index contributed by atoms with van der Waals surface area (Å²) in [6.45, 7) is 2.53. The SMILES string of the molecule is CCCCNC(=O)NC(=O)CNC(c1ccc(F)cc1)c1cccs1. The molecule has 3 amide bonds. The van der Waals surface area contributed by atoms with Gasteiger partial charge in [-0.3, -0.25) is 15.4 Å². The van der Waals surface area contributed by atoms with Crippen molar-refractivity contribution in [1.82, 2.24) is 16.0 Å². The van der Waals surface area contributed by atoms with E-state index < -0.39 is 11.9 Å². The molecule has 2 aromatic rings. The Labute approximate surface area is 150 Å². The normalized spacial score (nSPS) is 11.8. The Morgan fingerprint density at radius 3 is 2.60 bits per heavy atom. The van der Waals surface area contributed by atoms with E-state index in [1.807, 2.05) is 24.4 Å². The number of unbranched alkanes of at least 4 members (excludes halogenated alkanes) is 1. The molecule has 1 atom stereocenters. The quantitative estimate of drug-likeness (QED) is 0.631. The van der Waals surface area contributed by atoms with Crippen molar-refractivity contribution in [2.45, 2.75) is 25.8 Å². The van der Waals surface area contributed by atoms with Crippen molar-refractivity contribution in [2.24, 2.45) is 0 Å². The van der Waals surface area contributed by atoms with Crippen LogP contribution in [0.15, 0.2) is 41.8 Å². The third-order valence-electron chi connectivity index (χ3n) is 3.57. The maximum atomic E-state index is 13.2. The predicted octanol–water partition coefficient (Wildman–Crippen LogP) is 3.19. The number of halogens is 1. The molecule has 5 nitrogen and oxygen atoms in total. The van der Waals surface area contributed by atoms with Crippen LogP contribution in [0.5, 0.6) is 0 Å². The second-order valence-corrected chi connectivity index (χ2v) is 6.52. The fraction of sp³-hybridized carbons (Fsp3) is 0.333. The number of hydrogen-bond donors (Lipinski definition) is 3. The summed E-state index contributed by atoms with van der Waals surface area (Å²) in [5.41, 5.74) is 0.851. The first-order valence-electron chi connectivity index (χ1n) is 8.20. The summed E-state index contributed by atoms with van der Waals surface area (Å²) in [6, 6.07) is 9.27. The highest BCUT2D eigenvalue weighted by Gasteiger charge is 2.17. The second-order valence-electron chi connectivity index (χ2n) is 5.54. The molecule has 0 aliphatic carbocycles. The molecule has 0 spiro atoms. The van der Waals surface area contributed by atoms with Crippen LogP contribution in [0.2, 0.25) is 0 Å². The Hall–Kier alpha value is -2.25. The van der Waals surface area contributed by atoms with Crippen molar-refractivity contribution in [3.63, 3.8) is 0 Å². The van der Waals surface area contributed by atoms with Gasteiger partial charge in [-0.1, -0.05) is 31.5 Å². The summed E-state index contributed by atoms with van der Waals surface area (Å²) in [5.74, 6) is -0.729. The fourth-order valence-electron chi connectivity index (χ4n) is 2.28. The van der Waals surface area contributed by atoms with Crippen LogP contribution in [0.3, 0.4) is 0 Å². The van der Waals surface area contributed by atoms with Gasteiger partial charge >= 0.3 is 6.03 Å². The molecule has 3 N–H and O–H groups in total. The molecule has 0 radical (unpaired) electrons. The lowest BCUT2D eigenvalue weighted by molar-refractivity contribution is -0.119. The maximum Gasteiger partial charge on any atom is 0.321 e. The van der Waals surface area contributed by atoms with Crippen LogP contribution in [-0.4, -0.2) is 25.0 Å². The molecular formula is C18H22FN3O2S. The van der Waals surface area contributed by atoms with Gasteiger partial charge in [0.1, 0.15) is 5.82 Å². The third-order valence-corrected chi connectivity index (χ3v) is 4.50. The van der Waals surface area contributed by atoms with Crippen molar-refractivity contribution in [2.75, 3.05) is 13.1 Å². The van der Waals surface area contributed by atoms with Gasteiger partial charge in [0.15, 0.2) is 0 Å². The summed E-state index contributed by atoms with van der Waals surface area (Å²) >= 11 is 1.54. The van der Waals surface area contributed by atoms with Crippen LogP contribution < -0.4 is 16.0 Å². The second kappa shape index (κ2) is 9.90. The minimum atomic E-state index is -0.491. The van der Waals surface area contributed by atoms with E-state index in [1.54, 1.807) is 23.5 Å². The lowest BCUT2D eigenvalue weighted by Crippen LogP contribution is -2.44. The monoisotopic (exact) mass is 363 g/mol. The molecule has 0 bridgehead atoms. The fourth-order valence-corrected chi connectivity index (χ4v) is 3.11. The van der Waals surface area contributed by atoms with Crippen LogP contribution in [-0.2, 0) is 4.79 Å². The average molecular weight is 363 g/mol. The van der Waals surface area contributed by atoms with Crippen molar-refractivity contribution in [1.29, 1.82) is 0 Å². The van der Waals surface area contributed by atoms with Gasteiger partial charge < -0.3 is 5.32 Å². The number of carbonyl (C=O) groups excluding carboxylic acids is 2. The zero-order valence-electron chi connectivity index (χ0n) is 14.0. The molecule has 0 aliphatic heterocycles. The van der Waals surface area contributed by atoms with E-state index in [-0.39, 0.29) is 18.4 Å². The third kappa shape index (κ3) is 6.28. The molecule has 25 heavy (non-hydrogen) atoms. The summed E-state index contributed by atoms with van der Waals surface area (Å²) in [5, 5.41) is 9.99. The minimum Gasteiger partial charge on any atom is -0.338 e. The van der Waals surface area contributed by atoms with Gasteiger partial charge in [0, 0.05) is 11.4 Å². The lowest BCUT2D eigenvalue weighted by Gasteiger charge is -2.18. The van der Waals surface area contributed by atoms with Crippen molar-refractivity contribution in [3.05, 3.63) is 58.0 Å². The molecule has 2 rings (SSSR count). The molecule has 7 heteroatoms. The molecular weight excluding hydrogens is 341 g/mol. The molecule has 134 valence electrons. The van der Waals surface area contributed by atoms with Gasteiger partial charge in [-0.2, -0.15) is 0 Å². The lowest BCUT2D eigenvalue weighted by atomic mass is 10.1. The van der Waals surface area contributed by atoms with Crippen LogP contribution in [0, 0.1) is 5.82 Å². The Bertz CT molecular complexity index is 674. The summed E-state index contributed by atoms with van der Waals surface area (Å²) in [4.78, 5) is 24.6. The maximum absolute atomic E-state index is 13.2. The molecule has 1 aromatic carbocycles. The Kier molecular flexibility index (Phi) is 7.56. The van der Waals surface area contributed by atoms with Gasteiger partial charge in [-0.15, -0.1) is 11.3 Å². The highest BCUT2D eigenvalue weighted by atomic mass is 32.1. The van der Waals surface area contributed by atoms with Crippen LogP contribution in [0.4, 0.5) is 9.18 Å². The first kappa shape index (κ1) is 19.1. The van der Waals surface area contributed by atoms with Crippen molar-refractivity contribution in [3.8, 4) is 0 Å². The Morgan fingerprint density at radius 1 is 1.20 bits per heavy atom. The van der Waals surface area contributed by atoms with Crippen LogP contribution in [0.25, 0.3) is 0 Å². The number of urea groups is 1. The molecule has 0 fully saturated rings. The number of hydrogen-bond acceptors (Lipinski definition) is 4. The molecule has 0 saturated heterocycles. The van der Waals surface area contributed by atoms with Gasteiger partial charge in [0.05, 0.1) is 12.6 Å². The van der Waals surface area contributed by atoms with Gasteiger partial charge in [0.2, 0.25) is 5.91 Å². The molecule has 1 heterocycles. The number of benzene rings is 1. The van der Waals surface area contributed by atoms with Crippen LogP contribution >= 0.6 is 11.3 Å². The predicted molar refractivity (Wildman–Crippen MR) is 97.0 cm³/mol. The topological polar surface area (TPSA) is 70.2 Å². The molecule has 1 aromatic heterocycles. The standard InChI is InChI=1S/C18H22FN3O2S/c1-2-3-10-20-18(24)22-16(23)12-21-17(15-5-4-11-25-15)13-6-8-14(19)9-7-13/h4-9,11,17,21H,2-3,10,12H2,1H3,(H2,20,22,23,24). The summed E-state index contributed by atoms with van der Waals surface area (Å²) in [7, 11) is 0. The first-order valence-corrected chi connectivity index (χ1v) is 9.08. The number of amides is 3.